The van der Waals surface area contributed by atoms with Crippen LogP contribution in [-0.2, 0) is 0 Å². The number of thiophene rings is 1. The lowest BCUT2D eigenvalue weighted by Crippen LogP contribution is -1.75. The van der Waals surface area contributed by atoms with Crippen molar-refractivity contribution in [3.05, 3.63) is 82.2 Å². The van der Waals surface area contributed by atoms with E-state index in [1.165, 1.54) is 10.4 Å². The Morgan fingerprint density at radius 1 is 0.857 bits per heavy atom. The third kappa shape index (κ3) is 3.56. The van der Waals surface area contributed by atoms with Gasteiger partial charge in [0, 0.05) is 19.8 Å². The topological polar surface area (TPSA) is 0 Å². The van der Waals surface area contributed by atoms with Crippen molar-refractivity contribution < 1.29 is 0 Å². The van der Waals surface area contributed by atoms with E-state index in [-0.39, 0.29) is 0 Å². The van der Waals surface area contributed by atoms with Gasteiger partial charge in [0.1, 0.15) is 0 Å². The van der Waals surface area contributed by atoms with Crippen LogP contribution in [0.1, 0.15) is 10.4 Å². The molecule has 1 aromatic heterocycles. The van der Waals surface area contributed by atoms with Crippen LogP contribution in [0.4, 0.5) is 0 Å². The van der Waals surface area contributed by atoms with Crippen molar-refractivity contribution >= 4 is 45.6 Å². The van der Waals surface area contributed by atoms with E-state index in [1.54, 1.807) is 11.3 Å². The molecule has 3 rings (SSSR count). The second-order valence-electron chi connectivity index (χ2n) is 4.57. The number of hydrogen-bond acceptors (Lipinski definition) is 1. The molecule has 0 radical (unpaired) electrons. The van der Waals surface area contributed by atoms with Crippen molar-refractivity contribution in [1.82, 2.24) is 0 Å². The molecule has 0 fully saturated rings. The highest BCUT2D eigenvalue weighted by molar-refractivity contribution is 7.16. The summed E-state index contributed by atoms with van der Waals surface area (Å²) < 4.78 is 0. The molecule has 3 heteroatoms. The molecule has 2 aromatic carbocycles. The highest BCUT2D eigenvalue weighted by Gasteiger charge is 2.03. The van der Waals surface area contributed by atoms with Gasteiger partial charge in [0.15, 0.2) is 0 Å². The molecule has 0 aliphatic rings. The number of rotatable bonds is 3. The van der Waals surface area contributed by atoms with Gasteiger partial charge < -0.3 is 0 Å². The van der Waals surface area contributed by atoms with Crippen LogP contribution in [0.2, 0.25) is 5.02 Å². The summed E-state index contributed by atoms with van der Waals surface area (Å²) in [6.07, 6.45) is 1.99. The highest BCUT2D eigenvalue weighted by Crippen LogP contribution is 2.31. The van der Waals surface area contributed by atoms with Crippen molar-refractivity contribution in [2.75, 3.05) is 0 Å². The third-order valence-electron chi connectivity index (χ3n) is 3.07. The predicted molar refractivity (Wildman–Crippen MR) is 94.9 cm³/mol. The molecule has 0 atom stereocenters. The molecule has 0 aliphatic carbocycles. The van der Waals surface area contributed by atoms with E-state index in [2.05, 4.69) is 24.3 Å². The lowest BCUT2D eigenvalue weighted by Gasteiger charge is -1.99. The SMILES string of the molecule is ClC(=Cc1ccc(-c2ccccc2)s1)c1ccc(Cl)cc1. The van der Waals surface area contributed by atoms with Crippen molar-refractivity contribution in [2.45, 2.75) is 0 Å². The van der Waals surface area contributed by atoms with Gasteiger partial charge in [-0.2, -0.15) is 0 Å². The van der Waals surface area contributed by atoms with Crippen molar-refractivity contribution in [3.63, 3.8) is 0 Å². The Morgan fingerprint density at radius 3 is 2.29 bits per heavy atom. The fraction of sp³-hybridized carbons (Fsp3) is 0. The average molecular weight is 331 g/mol. The molecule has 104 valence electrons. The molecule has 0 N–H and O–H groups in total. The van der Waals surface area contributed by atoms with E-state index in [0.29, 0.717) is 10.1 Å². The zero-order valence-corrected chi connectivity index (χ0v) is 13.4. The maximum Gasteiger partial charge on any atom is 0.0492 e. The quantitative estimate of drug-likeness (QED) is 0.495. The Morgan fingerprint density at radius 2 is 1.57 bits per heavy atom. The minimum atomic E-state index is 0.714. The molecule has 0 unspecified atom stereocenters. The molecule has 0 saturated carbocycles. The summed E-state index contributed by atoms with van der Waals surface area (Å²) in [5, 5.41) is 1.43. The molecule has 21 heavy (non-hydrogen) atoms. The zero-order chi connectivity index (χ0) is 14.7. The van der Waals surface area contributed by atoms with E-state index < -0.39 is 0 Å². The van der Waals surface area contributed by atoms with Gasteiger partial charge in [-0.05, 0) is 41.5 Å². The van der Waals surface area contributed by atoms with E-state index in [4.69, 9.17) is 23.2 Å². The van der Waals surface area contributed by atoms with Gasteiger partial charge in [-0.3, -0.25) is 0 Å². The molecular weight excluding hydrogens is 319 g/mol. The van der Waals surface area contributed by atoms with Crippen LogP contribution < -0.4 is 0 Å². The summed E-state index contributed by atoms with van der Waals surface area (Å²) in [6, 6.07) is 22.1. The molecule has 0 amide bonds. The van der Waals surface area contributed by atoms with Gasteiger partial charge in [0.2, 0.25) is 0 Å². The van der Waals surface area contributed by atoms with Gasteiger partial charge in [0.05, 0.1) is 0 Å². The monoisotopic (exact) mass is 330 g/mol. The van der Waals surface area contributed by atoms with Crippen LogP contribution >= 0.6 is 34.5 Å². The molecule has 0 bridgehead atoms. The van der Waals surface area contributed by atoms with Crippen LogP contribution in [0, 0.1) is 0 Å². The van der Waals surface area contributed by atoms with Gasteiger partial charge >= 0.3 is 0 Å². The van der Waals surface area contributed by atoms with Gasteiger partial charge in [0.25, 0.3) is 0 Å². The van der Waals surface area contributed by atoms with E-state index in [0.717, 1.165) is 10.4 Å². The number of halogens is 2. The third-order valence-corrected chi connectivity index (χ3v) is 4.73. The summed E-state index contributed by atoms with van der Waals surface area (Å²) in [7, 11) is 0. The van der Waals surface area contributed by atoms with E-state index in [1.807, 2.05) is 48.5 Å². The molecule has 0 spiro atoms. The number of hydrogen-bond donors (Lipinski definition) is 0. The summed E-state index contributed by atoms with van der Waals surface area (Å²) in [5.41, 5.74) is 2.19. The Hall–Kier alpha value is -1.54. The largest absolute Gasteiger partial charge is 0.136 e. The van der Waals surface area contributed by atoms with Crippen LogP contribution in [0.15, 0.2) is 66.7 Å². The molecule has 1 heterocycles. The van der Waals surface area contributed by atoms with Gasteiger partial charge in [-0.1, -0.05) is 65.7 Å². The minimum Gasteiger partial charge on any atom is -0.136 e. The smallest absolute Gasteiger partial charge is 0.0492 e. The lowest BCUT2D eigenvalue weighted by molar-refractivity contribution is 1.65. The maximum absolute atomic E-state index is 6.37. The van der Waals surface area contributed by atoms with Crippen molar-refractivity contribution in [3.8, 4) is 10.4 Å². The summed E-state index contributed by atoms with van der Waals surface area (Å²) in [6.45, 7) is 0. The second-order valence-corrected chi connectivity index (χ2v) is 6.53. The Balaban J connectivity index is 1.86. The van der Waals surface area contributed by atoms with Crippen molar-refractivity contribution in [1.29, 1.82) is 0 Å². The molecule has 3 aromatic rings. The average Bonchev–Trinajstić information content (AvgIpc) is 2.97. The van der Waals surface area contributed by atoms with Gasteiger partial charge in [-0.15, -0.1) is 11.3 Å². The van der Waals surface area contributed by atoms with Crippen molar-refractivity contribution in [2.24, 2.45) is 0 Å². The van der Waals surface area contributed by atoms with E-state index >= 15 is 0 Å². The van der Waals surface area contributed by atoms with Crippen LogP contribution in [0.25, 0.3) is 21.5 Å². The molecular formula is C18H12Cl2S. The zero-order valence-electron chi connectivity index (χ0n) is 11.1. The summed E-state index contributed by atoms with van der Waals surface area (Å²) in [4.78, 5) is 2.37. The Labute approximate surface area is 138 Å². The first-order chi connectivity index (χ1) is 10.2. The Bertz CT molecular complexity index is 755. The lowest BCUT2D eigenvalue weighted by atomic mass is 10.2. The minimum absolute atomic E-state index is 0.714. The van der Waals surface area contributed by atoms with Crippen LogP contribution in [-0.4, -0.2) is 0 Å². The highest BCUT2D eigenvalue weighted by atomic mass is 35.5. The van der Waals surface area contributed by atoms with E-state index in [9.17, 15) is 0 Å². The van der Waals surface area contributed by atoms with Crippen LogP contribution in [0.3, 0.4) is 0 Å². The standard InChI is InChI=1S/C18H12Cl2S/c19-15-8-6-13(7-9-15)17(20)12-16-10-11-18(21-16)14-4-2-1-3-5-14/h1-12H. The molecule has 0 aliphatic heterocycles. The Kier molecular flexibility index (Phi) is 4.45. The fourth-order valence-corrected chi connectivity index (χ4v) is 3.40. The summed E-state index contributed by atoms with van der Waals surface area (Å²) >= 11 is 14.0. The van der Waals surface area contributed by atoms with Gasteiger partial charge in [-0.25, -0.2) is 0 Å². The molecule has 0 nitrogen and oxygen atoms in total. The predicted octanol–water partition coefficient (Wildman–Crippen LogP) is 6.81. The first-order valence-electron chi connectivity index (χ1n) is 6.51. The number of benzene rings is 2. The fourth-order valence-electron chi connectivity index (χ4n) is 2.01. The molecule has 0 saturated heterocycles. The normalized spacial score (nSPS) is 11.6. The maximum atomic E-state index is 6.37. The van der Waals surface area contributed by atoms with Crippen LogP contribution in [0.5, 0.6) is 0 Å². The summed E-state index contributed by atoms with van der Waals surface area (Å²) in [5.74, 6) is 0. The second kappa shape index (κ2) is 6.48. The first-order valence-corrected chi connectivity index (χ1v) is 8.08. The first kappa shape index (κ1) is 14.4.